The standard InChI is InChI=1S/C12H21BrN2O/c1-5-10(15(3)4)8-14-9(2)12-11(13)6-7-16-12/h6-7,9-10,14H,5,8H2,1-4H3. The zero-order chi connectivity index (χ0) is 12.1. The molecule has 0 bridgehead atoms. The van der Waals surface area contributed by atoms with E-state index < -0.39 is 0 Å². The van der Waals surface area contributed by atoms with Crippen LogP contribution in [0.2, 0.25) is 0 Å². The second-order valence-corrected chi connectivity index (χ2v) is 5.14. The van der Waals surface area contributed by atoms with E-state index in [-0.39, 0.29) is 6.04 Å². The third-order valence-corrected chi connectivity index (χ3v) is 3.55. The molecule has 0 aliphatic rings. The fourth-order valence-corrected chi connectivity index (χ4v) is 2.26. The van der Waals surface area contributed by atoms with Crippen molar-refractivity contribution in [1.29, 1.82) is 0 Å². The maximum absolute atomic E-state index is 5.43. The molecule has 0 aliphatic carbocycles. The first-order valence-corrected chi connectivity index (χ1v) is 6.48. The third-order valence-electron chi connectivity index (χ3n) is 2.90. The number of hydrogen-bond acceptors (Lipinski definition) is 3. The lowest BCUT2D eigenvalue weighted by atomic mass is 10.2. The van der Waals surface area contributed by atoms with Crippen LogP contribution in [0.25, 0.3) is 0 Å². The maximum atomic E-state index is 5.43. The van der Waals surface area contributed by atoms with Crippen molar-refractivity contribution in [1.82, 2.24) is 10.2 Å². The van der Waals surface area contributed by atoms with E-state index in [2.05, 4.69) is 54.1 Å². The summed E-state index contributed by atoms with van der Waals surface area (Å²) in [6.07, 6.45) is 2.85. The third kappa shape index (κ3) is 3.61. The summed E-state index contributed by atoms with van der Waals surface area (Å²) < 4.78 is 6.46. The van der Waals surface area contributed by atoms with Crippen LogP contribution in [0.4, 0.5) is 0 Å². The van der Waals surface area contributed by atoms with E-state index in [1.165, 1.54) is 0 Å². The normalized spacial score (nSPS) is 15.4. The molecule has 3 nitrogen and oxygen atoms in total. The molecule has 0 saturated heterocycles. The van der Waals surface area contributed by atoms with Crippen molar-refractivity contribution >= 4 is 15.9 Å². The van der Waals surface area contributed by atoms with Crippen LogP contribution in [0.5, 0.6) is 0 Å². The predicted molar refractivity (Wildman–Crippen MR) is 70.6 cm³/mol. The van der Waals surface area contributed by atoms with Crippen LogP contribution in [0.3, 0.4) is 0 Å². The minimum absolute atomic E-state index is 0.235. The lowest BCUT2D eigenvalue weighted by molar-refractivity contribution is 0.265. The summed E-state index contributed by atoms with van der Waals surface area (Å²) in [5.41, 5.74) is 0. The van der Waals surface area contributed by atoms with Crippen LogP contribution in [0.15, 0.2) is 21.2 Å². The van der Waals surface area contributed by atoms with Gasteiger partial charge in [0.1, 0.15) is 5.76 Å². The minimum Gasteiger partial charge on any atom is -0.466 e. The van der Waals surface area contributed by atoms with E-state index in [1.807, 2.05) is 6.07 Å². The Morgan fingerprint density at radius 1 is 1.50 bits per heavy atom. The zero-order valence-corrected chi connectivity index (χ0v) is 12.0. The summed E-state index contributed by atoms with van der Waals surface area (Å²) in [4.78, 5) is 2.25. The Hall–Kier alpha value is -0.320. The van der Waals surface area contributed by atoms with Crippen LogP contribution >= 0.6 is 15.9 Å². The van der Waals surface area contributed by atoms with Gasteiger partial charge >= 0.3 is 0 Å². The van der Waals surface area contributed by atoms with E-state index in [1.54, 1.807) is 6.26 Å². The average Bonchev–Trinajstić information content (AvgIpc) is 2.64. The first-order chi connectivity index (χ1) is 7.56. The number of nitrogens with one attached hydrogen (secondary N) is 1. The Labute approximate surface area is 106 Å². The maximum Gasteiger partial charge on any atom is 0.134 e. The molecule has 0 saturated carbocycles. The highest BCUT2D eigenvalue weighted by Crippen LogP contribution is 2.24. The molecule has 1 heterocycles. The molecular formula is C12H21BrN2O. The summed E-state index contributed by atoms with van der Waals surface area (Å²) >= 11 is 3.48. The molecule has 0 aromatic carbocycles. The van der Waals surface area contributed by atoms with E-state index in [0.717, 1.165) is 23.2 Å². The van der Waals surface area contributed by atoms with Gasteiger partial charge in [0.25, 0.3) is 0 Å². The number of furan rings is 1. The van der Waals surface area contributed by atoms with Gasteiger partial charge in [-0.1, -0.05) is 6.92 Å². The Morgan fingerprint density at radius 3 is 2.62 bits per heavy atom. The summed E-state index contributed by atoms with van der Waals surface area (Å²) in [6, 6.07) is 2.73. The van der Waals surface area contributed by atoms with Gasteiger partial charge in [-0.25, -0.2) is 0 Å². The summed E-state index contributed by atoms with van der Waals surface area (Å²) in [7, 11) is 4.23. The number of halogens is 1. The molecular weight excluding hydrogens is 268 g/mol. The fraction of sp³-hybridized carbons (Fsp3) is 0.667. The van der Waals surface area contributed by atoms with E-state index >= 15 is 0 Å². The molecule has 0 radical (unpaired) electrons. The van der Waals surface area contributed by atoms with Crippen molar-refractivity contribution in [2.75, 3.05) is 20.6 Å². The number of likely N-dealkylation sites (N-methyl/N-ethyl adjacent to an activating group) is 1. The van der Waals surface area contributed by atoms with Gasteiger partial charge in [-0.3, -0.25) is 0 Å². The van der Waals surface area contributed by atoms with Gasteiger partial charge in [-0.05, 0) is 49.4 Å². The lowest BCUT2D eigenvalue weighted by Gasteiger charge is -2.24. The molecule has 2 atom stereocenters. The summed E-state index contributed by atoms with van der Waals surface area (Å²) in [5, 5.41) is 3.49. The minimum atomic E-state index is 0.235. The van der Waals surface area contributed by atoms with E-state index in [0.29, 0.717) is 6.04 Å². The number of hydrogen-bond donors (Lipinski definition) is 1. The summed E-state index contributed by atoms with van der Waals surface area (Å²) in [5.74, 6) is 0.966. The molecule has 1 rings (SSSR count). The van der Waals surface area contributed by atoms with Crippen molar-refractivity contribution in [2.45, 2.75) is 32.4 Å². The molecule has 0 aliphatic heterocycles. The van der Waals surface area contributed by atoms with Gasteiger partial charge in [0.05, 0.1) is 16.8 Å². The topological polar surface area (TPSA) is 28.4 Å². The molecule has 1 N–H and O–H groups in total. The molecule has 16 heavy (non-hydrogen) atoms. The van der Waals surface area contributed by atoms with Crippen LogP contribution in [0, 0.1) is 0 Å². The highest BCUT2D eigenvalue weighted by atomic mass is 79.9. The van der Waals surface area contributed by atoms with Gasteiger partial charge in [0.2, 0.25) is 0 Å². The average molecular weight is 289 g/mol. The van der Waals surface area contributed by atoms with Crippen molar-refractivity contribution in [3.63, 3.8) is 0 Å². The van der Waals surface area contributed by atoms with Crippen LogP contribution in [-0.2, 0) is 0 Å². The van der Waals surface area contributed by atoms with Gasteiger partial charge in [0.15, 0.2) is 0 Å². The Morgan fingerprint density at radius 2 is 2.19 bits per heavy atom. The Bertz CT molecular complexity index is 312. The summed E-state index contributed by atoms with van der Waals surface area (Å²) in [6.45, 7) is 5.30. The largest absolute Gasteiger partial charge is 0.466 e. The molecule has 1 aromatic heterocycles. The molecule has 0 fully saturated rings. The van der Waals surface area contributed by atoms with Crippen molar-refractivity contribution in [2.24, 2.45) is 0 Å². The van der Waals surface area contributed by atoms with Gasteiger partial charge in [-0.15, -0.1) is 0 Å². The van der Waals surface area contributed by atoms with Gasteiger partial charge < -0.3 is 14.6 Å². The highest BCUT2D eigenvalue weighted by molar-refractivity contribution is 9.10. The predicted octanol–water partition coefficient (Wildman–Crippen LogP) is 3.03. The molecule has 1 aromatic rings. The van der Waals surface area contributed by atoms with Crippen LogP contribution < -0.4 is 5.32 Å². The second-order valence-electron chi connectivity index (χ2n) is 4.29. The highest BCUT2D eigenvalue weighted by Gasteiger charge is 2.15. The quantitative estimate of drug-likeness (QED) is 0.872. The number of nitrogens with zero attached hydrogens (tertiary/aromatic N) is 1. The second kappa shape index (κ2) is 6.42. The Balaban J connectivity index is 2.46. The van der Waals surface area contributed by atoms with Crippen molar-refractivity contribution in [3.05, 3.63) is 22.6 Å². The zero-order valence-electron chi connectivity index (χ0n) is 10.5. The van der Waals surface area contributed by atoms with E-state index in [9.17, 15) is 0 Å². The van der Waals surface area contributed by atoms with Gasteiger partial charge in [0, 0.05) is 12.6 Å². The Kier molecular flexibility index (Phi) is 5.52. The lowest BCUT2D eigenvalue weighted by Crippen LogP contribution is -2.38. The first kappa shape index (κ1) is 13.7. The van der Waals surface area contributed by atoms with Crippen molar-refractivity contribution < 1.29 is 4.42 Å². The number of rotatable bonds is 6. The SMILES string of the molecule is CCC(CNC(C)c1occc1Br)N(C)C. The molecule has 0 amide bonds. The first-order valence-electron chi connectivity index (χ1n) is 5.69. The van der Waals surface area contributed by atoms with Crippen LogP contribution in [0.1, 0.15) is 32.1 Å². The smallest absolute Gasteiger partial charge is 0.134 e. The van der Waals surface area contributed by atoms with Crippen LogP contribution in [-0.4, -0.2) is 31.6 Å². The fourth-order valence-electron chi connectivity index (χ4n) is 1.71. The molecule has 0 spiro atoms. The van der Waals surface area contributed by atoms with Gasteiger partial charge in [-0.2, -0.15) is 0 Å². The molecule has 2 unspecified atom stereocenters. The molecule has 4 heteroatoms. The van der Waals surface area contributed by atoms with E-state index in [4.69, 9.17) is 4.42 Å². The monoisotopic (exact) mass is 288 g/mol. The molecule has 92 valence electrons. The van der Waals surface area contributed by atoms with Crippen molar-refractivity contribution in [3.8, 4) is 0 Å².